The van der Waals surface area contributed by atoms with Crippen LogP contribution < -0.4 is 0 Å². The van der Waals surface area contributed by atoms with Crippen molar-refractivity contribution < 1.29 is 23.4 Å². The number of halogens is 1. The number of carboxylic acids is 1. The van der Waals surface area contributed by atoms with Gasteiger partial charge in [0.1, 0.15) is 0 Å². The predicted molar refractivity (Wildman–Crippen MR) is 83.4 cm³/mol. The first-order chi connectivity index (χ1) is 9.79. The molecule has 0 fully saturated rings. The molecule has 0 atom stereocenters. The van der Waals surface area contributed by atoms with Gasteiger partial charge in [0.2, 0.25) is 0 Å². The molecular weight excluding hydrogens is 360 g/mol. The zero-order valence-electron chi connectivity index (χ0n) is 11.8. The lowest BCUT2D eigenvalue weighted by Crippen LogP contribution is -2.11. The number of aromatic carboxylic acids is 1. The fourth-order valence-corrected chi connectivity index (χ4v) is 4.25. The second-order valence-electron chi connectivity index (χ2n) is 4.84. The number of unbranched alkanes of at least 4 members (excludes halogenated alkanes) is 3. The molecule has 21 heavy (non-hydrogen) atoms. The largest absolute Gasteiger partial charge is 0.478 e. The molecule has 0 aliphatic carbocycles. The van der Waals surface area contributed by atoms with Gasteiger partial charge in [-0.1, -0.05) is 28.8 Å². The Morgan fingerprint density at radius 1 is 1.19 bits per heavy atom. The monoisotopic (exact) mass is 378 g/mol. The van der Waals surface area contributed by atoms with Crippen LogP contribution in [0.3, 0.4) is 0 Å². The first-order valence-electron chi connectivity index (χ1n) is 6.66. The first-order valence-corrected chi connectivity index (χ1v) is 9.11. The smallest absolute Gasteiger partial charge is 0.335 e. The van der Waals surface area contributed by atoms with Crippen molar-refractivity contribution >= 4 is 31.7 Å². The quantitative estimate of drug-likeness (QED) is 0.678. The van der Waals surface area contributed by atoms with E-state index in [9.17, 15) is 13.2 Å². The van der Waals surface area contributed by atoms with Gasteiger partial charge in [-0.3, -0.25) is 0 Å². The highest BCUT2D eigenvalue weighted by molar-refractivity contribution is 9.10. The van der Waals surface area contributed by atoms with Crippen LogP contribution >= 0.6 is 15.9 Å². The SMILES string of the molecule is Cc1c(Br)cc(C(=O)O)cc1S(=O)(=O)CCCCCCO. The Labute approximate surface area is 133 Å². The molecule has 0 heterocycles. The molecule has 5 nitrogen and oxygen atoms in total. The third-order valence-corrected chi connectivity index (χ3v) is 5.94. The molecule has 0 amide bonds. The Morgan fingerprint density at radius 3 is 2.38 bits per heavy atom. The maximum Gasteiger partial charge on any atom is 0.335 e. The van der Waals surface area contributed by atoms with Crippen molar-refractivity contribution in [1.82, 2.24) is 0 Å². The van der Waals surface area contributed by atoms with E-state index >= 15 is 0 Å². The Bertz CT molecular complexity index is 610. The van der Waals surface area contributed by atoms with E-state index in [1.807, 2.05) is 0 Å². The van der Waals surface area contributed by atoms with Crippen LogP contribution in [-0.2, 0) is 9.84 Å². The van der Waals surface area contributed by atoms with E-state index < -0.39 is 15.8 Å². The van der Waals surface area contributed by atoms with Gasteiger partial charge in [0, 0.05) is 11.1 Å². The van der Waals surface area contributed by atoms with Gasteiger partial charge in [-0.25, -0.2) is 13.2 Å². The van der Waals surface area contributed by atoms with Crippen molar-refractivity contribution in [3.63, 3.8) is 0 Å². The number of sulfone groups is 1. The fraction of sp³-hybridized carbons (Fsp3) is 0.500. The minimum atomic E-state index is -3.51. The molecule has 1 aromatic carbocycles. The Hall–Kier alpha value is -0.920. The van der Waals surface area contributed by atoms with Crippen LogP contribution in [0.15, 0.2) is 21.5 Å². The van der Waals surface area contributed by atoms with Gasteiger partial charge in [-0.2, -0.15) is 0 Å². The molecule has 7 heteroatoms. The summed E-state index contributed by atoms with van der Waals surface area (Å²) in [6.07, 6.45) is 2.66. The maximum atomic E-state index is 12.3. The van der Waals surface area contributed by atoms with Crippen molar-refractivity contribution in [2.75, 3.05) is 12.4 Å². The van der Waals surface area contributed by atoms with Crippen LogP contribution in [-0.4, -0.2) is 37.0 Å². The molecule has 0 bridgehead atoms. The van der Waals surface area contributed by atoms with Gasteiger partial charge in [-0.05, 0) is 37.5 Å². The van der Waals surface area contributed by atoms with Crippen LogP contribution in [0.4, 0.5) is 0 Å². The van der Waals surface area contributed by atoms with Crippen molar-refractivity contribution in [2.24, 2.45) is 0 Å². The molecule has 0 saturated carbocycles. The second kappa shape index (κ2) is 7.91. The third kappa shape index (κ3) is 5.09. The van der Waals surface area contributed by atoms with E-state index in [0.717, 1.165) is 12.8 Å². The van der Waals surface area contributed by atoms with E-state index in [1.165, 1.54) is 12.1 Å². The van der Waals surface area contributed by atoms with Gasteiger partial charge >= 0.3 is 5.97 Å². The average molecular weight is 379 g/mol. The van der Waals surface area contributed by atoms with E-state index in [2.05, 4.69) is 15.9 Å². The van der Waals surface area contributed by atoms with Gasteiger partial charge in [-0.15, -0.1) is 0 Å². The molecule has 0 spiro atoms. The number of hydrogen-bond donors (Lipinski definition) is 2. The van der Waals surface area contributed by atoms with Crippen LogP contribution in [0.5, 0.6) is 0 Å². The highest BCUT2D eigenvalue weighted by Gasteiger charge is 2.20. The van der Waals surface area contributed by atoms with Crippen molar-refractivity contribution in [3.05, 3.63) is 27.7 Å². The molecule has 0 saturated heterocycles. The molecule has 0 radical (unpaired) electrons. The molecule has 118 valence electrons. The average Bonchev–Trinajstić information content (AvgIpc) is 2.40. The summed E-state index contributed by atoms with van der Waals surface area (Å²) >= 11 is 3.20. The van der Waals surface area contributed by atoms with Crippen LogP contribution in [0.25, 0.3) is 0 Å². The van der Waals surface area contributed by atoms with Crippen LogP contribution in [0.1, 0.15) is 41.6 Å². The molecule has 0 aliphatic rings. The number of rotatable bonds is 8. The molecular formula is C14H19BrO5S. The second-order valence-corrected chi connectivity index (χ2v) is 7.77. The molecule has 0 aromatic heterocycles. The zero-order valence-corrected chi connectivity index (χ0v) is 14.2. The number of aliphatic hydroxyl groups excluding tert-OH is 1. The van der Waals surface area contributed by atoms with Crippen molar-refractivity contribution in [3.8, 4) is 0 Å². The topological polar surface area (TPSA) is 91.7 Å². The van der Waals surface area contributed by atoms with Crippen molar-refractivity contribution in [1.29, 1.82) is 0 Å². The normalized spacial score (nSPS) is 11.6. The summed E-state index contributed by atoms with van der Waals surface area (Å²) in [6.45, 7) is 1.76. The summed E-state index contributed by atoms with van der Waals surface area (Å²) in [4.78, 5) is 11.1. The molecule has 1 rings (SSSR count). The lowest BCUT2D eigenvalue weighted by molar-refractivity contribution is 0.0696. The molecule has 2 N–H and O–H groups in total. The lowest BCUT2D eigenvalue weighted by atomic mass is 10.1. The first kappa shape index (κ1) is 18.1. The van der Waals surface area contributed by atoms with Crippen molar-refractivity contribution in [2.45, 2.75) is 37.5 Å². The van der Waals surface area contributed by atoms with Crippen LogP contribution in [0.2, 0.25) is 0 Å². The zero-order chi connectivity index (χ0) is 16.0. The van der Waals surface area contributed by atoms with E-state index in [1.54, 1.807) is 6.92 Å². The fourth-order valence-electron chi connectivity index (χ4n) is 1.97. The number of aliphatic hydroxyl groups is 1. The molecule has 1 aromatic rings. The molecule has 0 aliphatic heterocycles. The summed E-state index contributed by atoms with van der Waals surface area (Å²) in [5, 5.41) is 17.7. The number of carbonyl (C=O) groups is 1. The Kier molecular flexibility index (Phi) is 6.83. The number of hydrogen-bond acceptors (Lipinski definition) is 4. The summed E-state index contributed by atoms with van der Waals surface area (Å²) < 4.78 is 25.2. The van der Waals surface area contributed by atoms with Gasteiger partial charge in [0.15, 0.2) is 9.84 Å². The summed E-state index contributed by atoms with van der Waals surface area (Å²) in [7, 11) is -3.51. The minimum absolute atomic E-state index is 0.0191. The summed E-state index contributed by atoms with van der Waals surface area (Å²) in [6, 6.07) is 2.61. The molecule has 0 unspecified atom stereocenters. The van der Waals surface area contributed by atoms with Gasteiger partial charge in [0.25, 0.3) is 0 Å². The Balaban J connectivity index is 2.94. The van der Waals surface area contributed by atoms with E-state index in [0.29, 0.717) is 22.9 Å². The summed E-state index contributed by atoms with van der Waals surface area (Å²) in [5.74, 6) is -1.18. The number of carboxylic acid groups (broad SMARTS) is 1. The van der Waals surface area contributed by atoms with E-state index in [-0.39, 0.29) is 22.8 Å². The Morgan fingerprint density at radius 2 is 1.81 bits per heavy atom. The van der Waals surface area contributed by atoms with Crippen LogP contribution in [0, 0.1) is 6.92 Å². The standard InChI is InChI=1S/C14H19BrO5S/c1-10-12(15)8-11(14(17)18)9-13(10)21(19,20)7-5-3-2-4-6-16/h8-9,16H,2-7H2,1H3,(H,17,18). The third-order valence-electron chi connectivity index (χ3n) is 3.20. The summed E-state index contributed by atoms with van der Waals surface area (Å²) in [5.41, 5.74) is 0.474. The highest BCUT2D eigenvalue weighted by atomic mass is 79.9. The van der Waals surface area contributed by atoms with Gasteiger partial charge in [0.05, 0.1) is 16.2 Å². The predicted octanol–water partition coefficient (Wildman–Crippen LogP) is 2.78. The number of benzene rings is 1. The minimum Gasteiger partial charge on any atom is -0.478 e. The van der Waals surface area contributed by atoms with Gasteiger partial charge < -0.3 is 10.2 Å². The lowest BCUT2D eigenvalue weighted by Gasteiger charge is -2.10. The van der Waals surface area contributed by atoms with E-state index in [4.69, 9.17) is 10.2 Å². The highest BCUT2D eigenvalue weighted by Crippen LogP contribution is 2.27. The maximum absolute atomic E-state index is 12.3.